The Morgan fingerprint density at radius 3 is 2.71 bits per heavy atom. The van der Waals surface area contributed by atoms with E-state index >= 15 is 0 Å². The molecular formula is C13H11ClN2O4S. The Labute approximate surface area is 126 Å². The molecule has 6 nitrogen and oxygen atoms in total. The van der Waals surface area contributed by atoms with Crippen molar-refractivity contribution in [3.8, 4) is 0 Å². The first-order valence-electron chi connectivity index (χ1n) is 5.78. The number of aromatic carboxylic acids is 1. The highest BCUT2D eigenvalue weighted by Gasteiger charge is 2.21. The Kier molecular flexibility index (Phi) is 4.15. The molecule has 110 valence electrons. The molecule has 0 saturated carbocycles. The molecule has 1 heterocycles. The van der Waals surface area contributed by atoms with Gasteiger partial charge in [0, 0.05) is 11.2 Å². The van der Waals surface area contributed by atoms with Crippen LogP contribution in [0.5, 0.6) is 0 Å². The lowest BCUT2D eigenvalue weighted by Crippen LogP contribution is -2.17. The van der Waals surface area contributed by atoms with Gasteiger partial charge in [-0.2, -0.15) is 0 Å². The van der Waals surface area contributed by atoms with Gasteiger partial charge in [-0.05, 0) is 30.7 Å². The normalized spacial score (nSPS) is 11.1. The van der Waals surface area contributed by atoms with Crippen molar-refractivity contribution in [3.63, 3.8) is 0 Å². The number of anilines is 1. The lowest BCUT2D eigenvalue weighted by Gasteiger charge is -2.12. The molecule has 0 saturated heterocycles. The van der Waals surface area contributed by atoms with E-state index in [0.717, 1.165) is 6.20 Å². The molecule has 8 heteroatoms. The summed E-state index contributed by atoms with van der Waals surface area (Å²) in [5.74, 6) is -1.25. The topological polar surface area (TPSA) is 96.4 Å². The van der Waals surface area contributed by atoms with Crippen molar-refractivity contribution < 1.29 is 18.3 Å². The average molecular weight is 327 g/mol. The van der Waals surface area contributed by atoms with Crippen LogP contribution in [0.2, 0.25) is 5.02 Å². The molecule has 0 amide bonds. The summed E-state index contributed by atoms with van der Waals surface area (Å²) in [6.07, 6.45) is 2.41. The minimum Gasteiger partial charge on any atom is -0.478 e. The number of carboxylic acid groups (broad SMARTS) is 1. The first-order valence-corrected chi connectivity index (χ1v) is 7.64. The Balaban J connectivity index is 2.48. The predicted octanol–water partition coefficient (Wildman–Crippen LogP) is 2.54. The third kappa shape index (κ3) is 3.14. The molecule has 0 aliphatic rings. The lowest BCUT2D eigenvalue weighted by molar-refractivity contribution is 0.0698. The fourth-order valence-electron chi connectivity index (χ4n) is 1.74. The van der Waals surface area contributed by atoms with E-state index in [1.165, 1.54) is 24.4 Å². The minimum absolute atomic E-state index is 0.0183. The summed E-state index contributed by atoms with van der Waals surface area (Å²) in [7, 11) is -3.96. The molecule has 0 radical (unpaired) electrons. The summed E-state index contributed by atoms with van der Waals surface area (Å²) in [6.45, 7) is 1.57. The van der Waals surface area contributed by atoms with Gasteiger partial charge in [0.2, 0.25) is 0 Å². The van der Waals surface area contributed by atoms with E-state index in [4.69, 9.17) is 16.7 Å². The van der Waals surface area contributed by atoms with E-state index in [-0.39, 0.29) is 16.1 Å². The molecule has 0 unspecified atom stereocenters. The average Bonchev–Trinajstić information content (AvgIpc) is 2.41. The highest BCUT2D eigenvalue weighted by atomic mass is 35.5. The monoisotopic (exact) mass is 326 g/mol. The molecule has 0 aliphatic heterocycles. The van der Waals surface area contributed by atoms with Gasteiger partial charge < -0.3 is 5.11 Å². The number of halogens is 1. The van der Waals surface area contributed by atoms with E-state index < -0.39 is 16.0 Å². The number of aromatic nitrogens is 1. The lowest BCUT2D eigenvalue weighted by atomic mass is 10.2. The van der Waals surface area contributed by atoms with E-state index in [9.17, 15) is 13.2 Å². The number of carboxylic acids is 1. The summed E-state index contributed by atoms with van der Waals surface area (Å²) >= 11 is 5.91. The molecule has 0 spiro atoms. The summed E-state index contributed by atoms with van der Waals surface area (Å²) < 4.78 is 26.9. The number of nitrogens with one attached hydrogen (secondary N) is 1. The van der Waals surface area contributed by atoms with Crippen molar-refractivity contribution in [2.75, 3.05) is 4.72 Å². The van der Waals surface area contributed by atoms with E-state index in [1.54, 1.807) is 13.0 Å². The van der Waals surface area contributed by atoms with Gasteiger partial charge >= 0.3 is 5.97 Å². The summed E-state index contributed by atoms with van der Waals surface area (Å²) in [6, 6.07) is 5.68. The van der Waals surface area contributed by atoms with Crippen molar-refractivity contribution >= 4 is 33.3 Å². The molecule has 2 N–H and O–H groups in total. The van der Waals surface area contributed by atoms with Crippen molar-refractivity contribution in [1.82, 2.24) is 4.98 Å². The number of pyridine rings is 1. The first-order chi connectivity index (χ1) is 9.83. The molecular weight excluding hydrogens is 316 g/mol. The third-order valence-corrected chi connectivity index (χ3v) is 4.72. The highest BCUT2D eigenvalue weighted by molar-refractivity contribution is 7.92. The molecule has 1 aromatic carbocycles. The quantitative estimate of drug-likeness (QED) is 0.900. The van der Waals surface area contributed by atoms with Crippen LogP contribution in [0.3, 0.4) is 0 Å². The molecule has 2 aromatic rings. The SMILES string of the molecule is Cc1c(Cl)cccc1S(=O)(=O)Nc1cnccc1C(=O)O. The Morgan fingerprint density at radius 1 is 1.33 bits per heavy atom. The van der Waals surface area contributed by atoms with Crippen LogP contribution in [0.15, 0.2) is 41.6 Å². The number of nitrogens with zero attached hydrogens (tertiary/aromatic N) is 1. The maximum Gasteiger partial charge on any atom is 0.337 e. The van der Waals surface area contributed by atoms with Crippen LogP contribution in [0, 0.1) is 6.92 Å². The van der Waals surface area contributed by atoms with Gasteiger partial charge in [-0.3, -0.25) is 9.71 Å². The van der Waals surface area contributed by atoms with Gasteiger partial charge in [0.25, 0.3) is 10.0 Å². The van der Waals surface area contributed by atoms with Crippen molar-refractivity contribution in [1.29, 1.82) is 0 Å². The first kappa shape index (κ1) is 15.3. The van der Waals surface area contributed by atoms with Crippen LogP contribution in [-0.2, 0) is 10.0 Å². The zero-order valence-electron chi connectivity index (χ0n) is 10.9. The van der Waals surface area contributed by atoms with Gasteiger partial charge in [-0.1, -0.05) is 17.7 Å². The summed E-state index contributed by atoms with van der Waals surface area (Å²) in [5, 5.41) is 9.36. The zero-order valence-corrected chi connectivity index (χ0v) is 12.4. The third-order valence-electron chi connectivity index (χ3n) is 2.80. The Hall–Kier alpha value is -2.12. The largest absolute Gasteiger partial charge is 0.478 e. The number of benzene rings is 1. The molecule has 0 bridgehead atoms. The molecule has 21 heavy (non-hydrogen) atoms. The molecule has 1 aromatic heterocycles. The van der Waals surface area contributed by atoms with Crippen LogP contribution in [-0.4, -0.2) is 24.5 Å². The Bertz CT molecular complexity index is 806. The number of sulfonamides is 1. The van der Waals surface area contributed by atoms with Gasteiger partial charge in [0.15, 0.2) is 0 Å². The number of hydrogen-bond donors (Lipinski definition) is 2. The zero-order chi connectivity index (χ0) is 15.6. The van der Waals surface area contributed by atoms with Crippen molar-refractivity contribution in [3.05, 3.63) is 52.8 Å². The van der Waals surface area contributed by atoms with Gasteiger partial charge in [0.05, 0.1) is 22.3 Å². The predicted molar refractivity (Wildman–Crippen MR) is 78.2 cm³/mol. The summed E-state index contributed by atoms with van der Waals surface area (Å²) in [4.78, 5) is 14.8. The maximum absolute atomic E-state index is 12.4. The number of carbonyl (C=O) groups is 1. The summed E-state index contributed by atoms with van der Waals surface area (Å²) in [5.41, 5.74) is 0.0880. The van der Waals surface area contributed by atoms with E-state index in [1.807, 2.05) is 0 Å². The van der Waals surface area contributed by atoms with Gasteiger partial charge in [-0.25, -0.2) is 13.2 Å². The van der Waals surface area contributed by atoms with Gasteiger partial charge in [0.1, 0.15) is 0 Å². The van der Waals surface area contributed by atoms with Crippen LogP contribution < -0.4 is 4.72 Å². The number of rotatable bonds is 4. The second kappa shape index (κ2) is 5.71. The van der Waals surface area contributed by atoms with Crippen LogP contribution >= 0.6 is 11.6 Å². The minimum atomic E-state index is -3.96. The highest BCUT2D eigenvalue weighted by Crippen LogP contribution is 2.25. The van der Waals surface area contributed by atoms with Crippen molar-refractivity contribution in [2.45, 2.75) is 11.8 Å². The van der Waals surface area contributed by atoms with E-state index in [2.05, 4.69) is 9.71 Å². The van der Waals surface area contributed by atoms with Crippen LogP contribution in [0.4, 0.5) is 5.69 Å². The molecule has 2 rings (SSSR count). The second-order valence-electron chi connectivity index (χ2n) is 4.19. The van der Waals surface area contributed by atoms with Crippen LogP contribution in [0.1, 0.15) is 15.9 Å². The second-order valence-corrected chi connectivity index (χ2v) is 6.25. The molecule has 0 aliphatic carbocycles. The van der Waals surface area contributed by atoms with E-state index in [0.29, 0.717) is 10.6 Å². The Morgan fingerprint density at radius 2 is 2.05 bits per heavy atom. The smallest absolute Gasteiger partial charge is 0.337 e. The van der Waals surface area contributed by atoms with Gasteiger partial charge in [-0.15, -0.1) is 0 Å². The maximum atomic E-state index is 12.4. The molecule has 0 fully saturated rings. The fraction of sp³-hybridized carbons (Fsp3) is 0.0769. The fourth-order valence-corrected chi connectivity index (χ4v) is 3.30. The number of hydrogen-bond acceptors (Lipinski definition) is 4. The van der Waals surface area contributed by atoms with Crippen LogP contribution in [0.25, 0.3) is 0 Å². The molecule has 0 atom stereocenters. The standard InChI is InChI=1S/C13H11ClN2O4S/c1-8-10(14)3-2-4-12(8)21(19,20)16-11-7-15-6-5-9(11)13(17)18/h2-7,16H,1H3,(H,17,18). The van der Waals surface area contributed by atoms with Crippen molar-refractivity contribution in [2.24, 2.45) is 0 Å².